The Morgan fingerprint density at radius 1 is 1.35 bits per heavy atom. The molecule has 1 aromatic carbocycles. The number of hydrogen-bond donors (Lipinski definition) is 0. The van der Waals surface area contributed by atoms with Gasteiger partial charge in [0.1, 0.15) is 6.20 Å². The zero-order chi connectivity index (χ0) is 19.3. The number of carbonyl (C=O) groups is 1. The molecule has 1 heterocycles. The number of hydrogen-bond acceptors (Lipinski definition) is 6. The number of methoxy groups -OCH3 is 2. The lowest BCUT2D eigenvalue weighted by Crippen LogP contribution is -2.27. The van der Waals surface area contributed by atoms with E-state index in [0.717, 1.165) is 5.56 Å². The van der Waals surface area contributed by atoms with Gasteiger partial charge in [-0.3, -0.25) is 4.79 Å². The minimum Gasteiger partial charge on any atom is -0.493 e. The van der Waals surface area contributed by atoms with Crippen molar-refractivity contribution in [2.24, 2.45) is 0 Å². The standard InChI is InChI=1S/C17H22N4O5/c1-12-18-15(21(23)24)11-20(12)9-8-16(22)19(2)10-13-6-5-7-14(25-3)17(13)26-4/h5-7,11H,8-10H2,1-4H3. The molecule has 0 atom stereocenters. The summed E-state index contributed by atoms with van der Waals surface area (Å²) in [6, 6.07) is 5.50. The number of nitro groups is 1. The Morgan fingerprint density at radius 3 is 2.65 bits per heavy atom. The smallest absolute Gasteiger partial charge is 0.381 e. The average molecular weight is 362 g/mol. The molecule has 0 saturated heterocycles. The molecule has 9 nitrogen and oxygen atoms in total. The van der Waals surface area contributed by atoms with Crippen molar-refractivity contribution in [3.8, 4) is 11.5 Å². The largest absolute Gasteiger partial charge is 0.493 e. The quantitative estimate of drug-likeness (QED) is 0.527. The summed E-state index contributed by atoms with van der Waals surface area (Å²) in [5.41, 5.74) is 0.831. The second-order valence-corrected chi connectivity index (χ2v) is 5.75. The van der Waals surface area contributed by atoms with Crippen LogP contribution in [-0.4, -0.2) is 46.5 Å². The van der Waals surface area contributed by atoms with Gasteiger partial charge in [-0.15, -0.1) is 0 Å². The van der Waals surface area contributed by atoms with E-state index in [2.05, 4.69) is 4.98 Å². The highest BCUT2D eigenvalue weighted by atomic mass is 16.6. The Morgan fingerprint density at radius 2 is 2.08 bits per heavy atom. The first-order chi connectivity index (χ1) is 12.4. The number of amides is 1. The van der Waals surface area contributed by atoms with Gasteiger partial charge >= 0.3 is 5.82 Å². The highest BCUT2D eigenvalue weighted by Crippen LogP contribution is 2.31. The van der Waals surface area contributed by atoms with Crippen molar-refractivity contribution >= 4 is 11.7 Å². The SMILES string of the molecule is COc1cccc(CN(C)C(=O)CCn2cc([N+](=O)[O-])nc2C)c1OC. The molecular weight excluding hydrogens is 340 g/mol. The van der Waals surface area contributed by atoms with Crippen molar-refractivity contribution in [3.05, 3.63) is 45.9 Å². The van der Waals surface area contributed by atoms with Gasteiger partial charge in [0.05, 0.1) is 14.2 Å². The van der Waals surface area contributed by atoms with E-state index >= 15 is 0 Å². The Kier molecular flexibility index (Phi) is 6.16. The molecule has 140 valence electrons. The molecular formula is C17H22N4O5. The fourth-order valence-corrected chi connectivity index (χ4v) is 2.63. The topological polar surface area (TPSA) is 99.7 Å². The van der Waals surface area contributed by atoms with Crippen LogP contribution < -0.4 is 9.47 Å². The summed E-state index contributed by atoms with van der Waals surface area (Å²) >= 11 is 0. The number of ether oxygens (including phenoxy) is 2. The van der Waals surface area contributed by atoms with Gasteiger partial charge in [0.2, 0.25) is 11.7 Å². The molecule has 0 unspecified atom stereocenters. The van der Waals surface area contributed by atoms with Crippen LogP contribution in [-0.2, 0) is 17.9 Å². The Balaban J connectivity index is 2.01. The molecule has 26 heavy (non-hydrogen) atoms. The Labute approximate surface area is 151 Å². The van der Waals surface area contributed by atoms with Crippen LogP contribution in [0, 0.1) is 17.0 Å². The van der Waals surface area contributed by atoms with Gasteiger partial charge in [0.25, 0.3) is 0 Å². The van der Waals surface area contributed by atoms with Gasteiger partial charge in [-0.2, -0.15) is 0 Å². The highest BCUT2D eigenvalue weighted by Gasteiger charge is 2.18. The monoisotopic (exact) mass is 362 g/mol. The predicted octanol–water partition coefficient (Wildman–Crippen LogP) is 2.17. The van der Waals surface area contributed by atoms with Gasteiger partial charge in [0.15, 0.2) is 11.5 Å². The fraction of sp³-hybridized carbons (Fsp3) is 0.412. The van der Waals surface area contributed by atoms with E-state index < -0.39 is 4.92 Å². The normalized spacial score (nSPS) is 10.5. The van der Waals surface area contributed by atoms with E-state index in [-0.39, 0.29) is 18.1 Å². The van der Waals surface area contributed by atoms with Crippen molar-refractivity contribution in [2.45, 2.75) is 26.4 Å². The van der Waals surface area contributed by atoms with E-state index in [1.807, 2.05) is 12.1 Å². The number of aromatic nitrogens is 2. The molecule has 2 rings (SSSR count). The molecule has 0 spiro atoms. The number of carbonyl (C=O) groups excluding carboxylic acids is 1. The third-order valence-electron chi connectivity index (χ3n) is 4.03. The molecule has 9 heteroatoms. The van der Waals surface area contributed by atoms with Crippen LogP contribution in [0.3, 0.4) is 0 Å². The van der Waals surface area contributed by atoms with Crippen LogP contribution >= 0.6 is 0 Å². The minimum atomic E-state index is -0.549. The molecule has 1 amide bonds. The molecule has 2 aromatic rings. The van der Waals surface area contributed by atoms with Crippen LogP contribution in [0.2, 0.25) is 0 Å². The third-order valence-corrected chi connectivity index (χ3v) is 4.03. The minimum absolute atomic E-state index is 0.0920. The first-order valence-corrected chi connectivity index (χ1v) is 7.99. The maximum absolute atomic E-state index is 12.4. The summed E-state index contributed by atoms with van der Waals surface area (Å²) in [5, 5.41) is 10.8. The first kappa shape index (κ1) is 19.2. The van der Waals surface area contributed by atoms with Crippen molar-refractivity contribution in [1.82, 2.24) is 14.5 Å². The van der Waals surface area contributed by atoms with Gasteiger partial charge in [-0.25, -0.2) is 0 Å². The fourth-order valence-electron chi connectivity index (χ4n) is 2.63. The van der Waals surface area contributed by atoms with Gasteiger partial charge in [-0.05, 0) is 16.0 Å². The second kappa shape index (κ2) is 8.32. The van der Waals surface area contributed by atoms with Gasteiger partial charge in [-0.1, -0.05) is 12.1 Å². The van der Waals surface area contributed by atoms with Crippen LogP contribution in [0.1, 0.15) is 17.8 Å². The summed E-state index contributed by atoms with van der Waals surface area (Å²) in [5.74, 6) is 1.39. The lowest BCUT2D eigenvalue weighted by molar-refractivity contribution is -0.389. The summed E-state index contributed by atoms with van der Waals surface area (Å²) < 4.78 is 12.3. The molecule has 0 aliphatic carbocycles. The molecule has 1 aromatic heterocycles. The van der Waals surface area contributed by atoms with Crippen LogP contribution in [0.4, 0.5) is 5.82 Å². The van der Waals surface area contributed by atoms with Crippen molar-refractivity contribution < 1.29 is 19.2 Å². The van der Waals surface area contributed by atoms with E-state index in [0.29, 0.717) is 30.4 Å². The number of benzene rings is 1. The maximum Gasteiger partial charge on any atom is 0.381 e. The molecule has 0 fully saturated rings. The Hall–Kier alpha value is -3.10. The number of imidazole rings is 1. The van der Waals surface area contributed by atoms with Crippen molar-refractivity contribution in [3.63, 3.8) is 0 Å². The summed E-state index contributed by atoms with van der Waals surface area (Å²) in [6.45, 7) is 2.36. The Bertz CT molecular complexity index is 802. The molecule has 0 radical (unpaired) electrons. The lowest BCUT2D eigenvalue weighted by atomic mass is 10.1. The van der Waals surface area contributed by atoms with E-state index in [1.165, 1.54) is 6.20 Å². The molecule has 0 saturated carbocycles. The predicted molar refractivity (Wildman–Crippen MR) is 94.3 cm³/mol. The molecule has 0 aliphatic rings. The number of rotatable bonds is 8. The summed E-state index contributed by atoms with van der Waals surface area (Å²) in [6.07, 6.45) is 1.55. The van der Waals surface area contributed by atoms with Crippen LogP contribution in [0.15, 0.2) is 24.4 Å². The summed E-state index contributed by atoms with van der Waals surface area (Å²) in [7, 11) is 4.81. The lowest BCUT2D eigenvalue weighted by Gasteiger charge is -2.20. The second-order valence-electron chi connectivity index (χ2n) is 5.75. The first-order valence-electron chi connectivity index (χ1n) is 7.99. The van der Waals surface area contributed by atoms with Crippen molar-refractivity contribution in [2.75, 3.05) is 21.3 Å². The average Bonchev–Trinajstić information content (AvgIpc) is 3.00. The van der Waals surface area contributed by atoms with Gasteiger partial charge in [0, 0.05) is 39.0 Å². The van der Waals surface area contributed by atoms with E-state index in [9.17, 15) is 14.9 Å². The third kappa shape index (κ3) is 4.29. The molecule has 0 N–H and O–H groups in total. The number of para-hydroxylation sites is 1. The summed E-state index contributed by atoms with van der Waals surface area (Å²) in [4.78, 5) is 28.1. The van der Waals surface area contributed by atoms with Crippen LogP contribution in [0.5, 0.6) is 11.5 Å². The number of aryl methyl sites for hydroxylation is 2. The zero-order valence-corrected chi connectivity index (χ0v) is 15.3. The molecule has 0 bridgehead atoms. The highest BCUT2D eigenvalue weighted by molar-refractivity contribution is 5.76. The van der Waals surface area contributed by atoms with Crippen LogP contribution in [0.25, 0.3) is 0 Å². The number of nitrogens with zero attached hydrogens (tertiary/aromatic N) is 4. The zero-order valence-electron chi connectivity index (χ0n) is 15.3. The van der Waals surface area contributed by atoms with Gasteiger partial charge < -0.3 is 29.1 Å². The maximum atomic E-state index is 12.4. The van der Waals surface area contributed by atoms with Crippen molar-refractivity contribution in [1.29, 1.82) is 0 Å². The van der Waals surface area contributed by atoms with E-state index in [1.54, 1.807) is 43.7 Å². The van der Waals surface area contributed by atoms with E-state index in [4.69, 9.17) is 9.47 Å². The molecule has 0 aliphatic heterocycles.